The number of benzene rings is 1. The van der Waals surface area contributed by atoms with Crippen molar-refractivity contribution >= 4 is 17.8 Å². The first-order chi connectivity index (χ1) is 13.5. The van der Waals surface area contributed by atoms with Gasteiger partial charge < -0.3 is 19.1 Å². The Balaban J connectivity index is 1.71. The molecule has 1 aromatic carbocycles. The van der Waals surface area contributed by atoms with Crippen LogP contribution >= 0.6 is 0 Å². The Morgan fingerprint density at radius 1 is 0.929 bits per heavy atom. The van der Waals surface area contributed by atoms with Crippen LogP contribution in [0.3, 0.4) is 0 Å². The van der Waals surface area contributed by atoms with Gasteiger partial charge >= 0.3 is 11.9 Å². The first-order valence-corrected chi connectivity index (χ1v) is 9.77. The molecule has 1 aromatic rings. The maximum Gasteiger partial charge on any atom is 0.338 e. The van der Waals surface area contributed by atoms with Crippen LogP contribution in [0.25, 0.3) is 0 Å². The summed E-state index contributed by atoms with van der Waals surface area (Å²) in [6.07, 6.45) is 6.88. The molecule has 2 aliphatic rings. The SMILES string of the molecule is COC(=O)c1cc(OCC(=O)N2CCC[C@H]3CCCC[C@H]32)cc(C(=O)OC)c1. The zero-order valence-electron chi connectivity index (χ0n) is 16.4. The van der Waals surface area contributed by atoms with Crippen LogP contribution in [-0.2, 0) is 14.3 Å². The van der Waals surface area contributed by atoms with E-state index in [1.807, 2.05) is 4.90 Å². The molecule has 0 N–H and O–H groups in total. The van der Waals surface area contributed by atoms with Gasteiger partial charge in [0.15, 0.2) is 6.61 Å². The van der Waals surface area contributed by atoms with Gasteiger partial charge in [-0.05, 0) is 49.8 Å². The van der Waals surface area contributed by atoms with Crippen LogP contribution in [0.15, 0.2) is 18.2 Å². The highest BCUT2D eigenvalue weighted by Gasteiger charge is 2.35. The van der Waals surface area contributed by atoms with E-state index < -0.39 is 11.9 Å². The number of hydrogen-bond acceptors (Lipinski definition) is 6. The van der Waals surface area contributed by atoms with Crippen molar-refractivity contribution in [2.75, 3.05) is 27.4 Å². The van der Waals surface area contributed by atoms with Crippen molar-refractivity contribution in [2.45, 2.75) is 44.6 Å². The molecule has 152 valence electrons. The fourth-order valence-electron chi connectivity index (χ4n) is 4.32. The lowest BCUT2D eigenvalue weighted by Crippen LogP contribution is -2.51. The Kier molecular flexibility index (Phi) is 6.54. The molecule has 28 heavy (non-hydrogen) atoms. The molecule has 0 unspecified atom stereocenters. The molecule has 2 atom stereocenters. The number of carbonyl (C=O) groups is 3. The molecule has 0 bridgehead atoms. The number of esters is 2. The molecule has 2 fully saturated rings. The monoisotopic (exact) mass is 389 g/mol. The second-order valence-corrected chi connectivity index (χ2v) is 7.36. The molecule has 1 saturated carbocycles. The minimum atomic E-state index is -0.594. The van der Waals surface area contributed by atoms with Gasteiger partial charge in [-0.1, -0.05) is 12.8 Å². The standard InChI is InChI=1S/C21H27NO6/c1-26-20(24)15-10-16(21(25)27-2)12-17(11-15)28-13-19(23)22-9-5-7-14-6-3-4-8-18(14)22/h10-12,14,18H,3-9,13H2,1-2H3/t14-,18-/m1/s1. The fraction of sp³-hybridized carbons (Fsp3) is 0.571. The smallest absolute Gasteiger partial charge is 0.338 e. The van der Waals surface area contributed by atoms with E-state index in [2.05, 4.69) is 0 Å². The van der Waals surface area contributed by atoms with E-state index >= 15 is 0 Å². The number of likely N-dealkylation sites (tertiary alicyclic amines) is 1. The van der Waals surface area contributed by atoms with E-state index in [9.17, 15) is 14.4 Å². The van der Waals surface area contributed by atoms with Crippen LogP contribution in [0.5, 0.6) is 5.75 Å². The predicted molar refractivity (Wildman–Crippen MR) is 101 cm³/mol. The summed E-state index contributed by atoms with van der Waals surface area (Å²) < 4.78 is 15.1. The lowest BCUT2D eigenvalue weighted by molar-refractivity contribution is -0.139. The van der Waals surface area contributed by atoms with Gasteiger partial charge in [0, 0.05) is 12.6 Å². The number of ether oxygens (including phenoxy) is 3. The van der Waals surface area contributed by atoms with Crippen molar-refractivity contribution in [2.24, 2.45) is 5.92 Å². The zero-order valence-corrected chi connectivity index (χ0v) is 16.4. The summed E-state index contributed by atoms with van der Waals surface area (Å²) in [6.45, 7) is 0.632. The number of amides is 1. The second kappa shape index (κ2) is 9.08. The van der Waals surface area contributed by atoms with Crippen molar-refractivity contribution in [3.05, 3.63) is 29.3 Å². The number of nitrogens with zero attached hydrogens (tertiary/aromatic N) is 1. The minimum Gasteiger partial charge on any atom is -0.484 e. The van der Waals surface area contributed by atoms with Crippen LogP contribution in [-0.4, -0.2) is 56.2 Å². The van der Waals surface area contributed by atoms with Crippen molar-refractivity contribution in [1.29, 1.82) is 0 Å². The van der Waals surface area contributed by atoms with Gasteiger partial charge in [-0.2, -0.15) is 0 Å². The molecule has 0 aromatic heterocycles. The highest BCUT2D eigenvalue weighted by atomic mass is 16.5. The second-order valence-electron chi connectivity index (χ2n) is 7.36. The average molecular weight is 389 g/mol. The van der Waals surface area contributed by atoms with Crippen LogP contribution in [0.1, 0.15) is 59.2 Å². The summed E-state index contributed by atoms with van der Waals surface area (Å²) in [6, 6.07) is 4.62. The van der Waals surface area contributed by atoms with Gasteiger partial charge in [0.1, 0.15) is 5.75 Å². The normalized spacial score (nSPS) is 21.4. The highest BCUT2D eigenvalue weighted by molar-refractivity contribution is 5.96. The molecule has 0 spiro atoms. The van der Waals surface area contributed by atoms with E-state index in [-0.39, 0.29) is 29.4 Å². The van der Waals surface area contributed by atoms with E-state index in [4.69, 9.17) is 14.2 Å². The van der Waals surface area contributed by atoms with Crippen LogP contribution < -0.4 is 4.74 Å². The van der Waals surface area contributed by atoms with Gasteiger partial charge in [0.2, 0.25) is 0 Å². The highest BCUT2D eigenvalue weighted by Crippen LogP contribution is 2.35. The van der Waals surface area contributed by atoms with E-state index in [0.29, 0.717) is 12.0 Å². The summed E-state index contributed by atoms with van der Waals surface area (Å²) in [4.78, 5) is 38.5. The molecule has 1 aliphatic carbocycles. The Morgan fingerprint density at radius 2 is 1.54 bits per heavy atom. The number of fused-ring (bicyclic) bond motifs is 1. The molecule has 0 radical (unpaired) electrons. The molecular weight excluding hydrogens is 362 g/mol. The van der Waals surface area contributed by atoms with Crippen molar-refractivity contribution < 1.29 is 28.6 Å². The van der Waals surface area contributed by atoms with Crippen LogP contribution in [0.4, 0.5) is 0 Å². The Morgan fingerprint density at radius 3 is 2.18 bits per heavy atom. The molecular formula is C21H27NO6. The third-order valence-electron chi connectivity index (χ3n) is 5.67. The maximum atomic E-state index is 12.8. The lowest BCUT2D eigenvalue weighted by atomic mass is 9.78. The van der Waals surface area contributed by atoms with Crippen LogP contribution in [0, 0.1) is 5.92 Å². The van der Waals surface area contributed by atoms with Gasteiger partial charge in [-0.3, -0.25) is 4.79 Å². The fourth-order valence-corrected chi connectivity index (χ4v) is 4.32. The molecule has 7 heteroatoms. The van der Waals surface area contributed by atoms with Crippen molar-refractivity contribution in [3.63, 3.8) is 0 Å². The number of rotatable bonds is 5. The summed E-state index contributed by atoms with van der Waals surface area (Å²) in [5.74, 6) is -0.389. The lowest BCUT2D eigenvalue weighted by Gasteiger charge is -2.44. The third kappa shape index (κ3) is 4.46. The average Bonchev–Trinajstić information content (AvgIpc) is 2.75. The number of methoxy groups -OCH3 is 2. The van der Waals surface area contributed by atoms with Crippen molar-refractivity contribution in [3.8, 4) is 5.75 Å². The van der Waals surface area contributed by atoms with Crippen LogP contribution in [0.2, 0.25) is 0 Å². The van der Waals surface area contributed by atoms with E-state index in [1.54, 1.807) is 0 Å². The molecule has 7 nitrogen and oxygen atoms in total. The van der Waals surface area contributed by atoms with Gasteiger partial charge in [-0.25, -0.2) is 9.59 Å². The summed E-state index contributed by atoms with van der Waals surface area (Å²) >= 11 is 0. The predicted octanol–water partition coefficient (Wildman–Crippen LogP) is 2.82. The van der Waals surface area contributed by atoms with E-state index in [0.717, 1.165) is 25.8 Å². The first-order valence-electron chi connectivity index (χ1n) is 9.77. The molecule has 3 rings (SSSR count). The topological polar surface area (TPSA) is 82.1 Å². The van der Waals surface area contributed by atoms with Crippen molar-refractivity contribution in [1.82, 2.24) is 4.90 Å². The maximum absolute atomic E-state index is 12.8. The largest absolute Gasteiger partial charge is 0.484 e. The number of piperidine rings is 1. The Labute approximate surface area is 164 Å². The Hall–Kier alpha value is -2.57. The summed E-state index contributed by atoms with van der Waals surface area (Å²) in [7, 11) is 2.52. The zero-order chi connectivity index (χ0) is 20.1. The van der Waals surface area contributed by atoms with E-state index in [1.165, 1.54) is 51.7 Å². The third-order valence-corrected chi connectivity index (χ3v) is 5.67. The number of hydrogen-bond donors (Lipinski definition) is 0. The minimum absolute atomic E-state index is 0.0558. The molecule has 1 aliphatic heterocycles. The first kappa shape index (κ1) is 20.2. The molecule has 1 heterocycles. The summed E-state index contributed by atoms with van der Waals surface area (Å²) in [5.41, 5.74) is 0.330. The molecule has 1 amide bonds. The van der Waals surface area contributed by atoms with Gasteiger partial charge in [-0.15, -0.1) is 0 Å². The Bertz CT molecular complexity index is 710. The summed E-state index contributed by atoms with van der Waals surface area (Å²) in [5, 5.41) is 0. The molecule has 1 saturated heterocycles. The van der Waals surface area contributed by atoms with Gasteiger partial charge in [0.25, 0.3) is 5.91 Å². The quantitative estimate of drug-likeness (QED) is 0.720. The van der Waals surface area contributed by atoms with Gasteiger partial charge in [0.05, 0.1) is 25.3 Å². The number of carbonyl (C=O) groups excluding carboxylic acids is 3.